The van der Waals surface area contributed by atoms with Crippen LogP contribution in [0.4, 0.5) is 0 Å². The van der Waals surface area contributed by atoms with Gasteiger partial charge in [-0.1, -0.05) is 6.08 Å². The van der Waals surface area contributed by atoms with E-state index in [0.29, 0.717) is 0 Å². The zero-order valence-electron chi connectivity index (χ0n) is 4.61. The third kappa shape index (κ3) is 6.28. The fourth-order valence-corrected chi connectivity index (χ4v) is 0.730. The van der Waals surface area contributed by atoms with E-state index in [4.69, 9.17) is 0 Å². The van der Waals surface area contributed by atoms with Crippen molar-refractivity contribution in [2.24, 2.45) is 0 Å². The Morgan fingerprint density at radius 1 is 1.50 bits per heavy atom. The molecule has 54 valence electrons. The van der Waals surface area contributed by atoms with Crippen molar-refractivity contribution < 1.29 is 17.4 Å². The van der Waals surface area contributed by atoms with Crippen LogP contribution in [0.25, 0.3) is 0 Å². The Labute approximate surface area is 81.7 Å². The predicted octanol–water partition coefficient (Wildman–Crippen LogP) is -0.973. The molecule has 10 heavy (non-hydrogen) atoms. The summed E-state index contributed by atoms with van der Waals surface area (Å²) in [5.41, 5.74) is 0. The van der Waals surface area contributed by atoms with E-state index in [9.17, 15) is 13.2 Å². The predicted molar refractivity (Wildman–Crippen MR) is 38.3 cm³/mol. The molecule has 0 N–H and O–H groups in total. The molecule has 0 aromatic rings. The first-order chi connectivity index (χ1) is 4.12. The number of hydrogen-bond donors (Lipinski definition) is 0. The number of rotatable bonds is 4. The van der Waals surface area contributed by atoms with Crippen LogP contribution >= 0.6 is 0 Å². The van der Waals surface area contributed by atoms with E-state index in [0.717, 1.165) is 6.08 Å². The molecule has 6 heteroatoms. The zero-order valence-corrected chi connectivity index (χ0v) is 5.43. The Bertz CT molecular complexity index is 179. The third-order valence-electron chi connectivity index (χ3n) is 0.508. The standard InChI is InChI=1S/C4H6O4S.Na.H/c1-2-3-9(6,7)8-4-5;;/h2,4H,1,3H2;;. The molecule has 0 aliphatic carbocycles. The summed E-state index contributed by atoms with van der Waals surface area (Å²) in [7, 11) is -3.67. The van der Waals surface area contributed by atoms with Gasteiger partial charge in [-0.15, -0.1) is 6.58 Å². The fourth-order valence-electron chi connectivity index (χ4n) is 0.243. The van der Waals surface area contributed by atoms with E-state index < -0.39 is 10.1 Å². The molecule has 0 spiro atoms. The molecule has 0 heterocycles. The van der Waals surface area contributed by atoms with E-state index in [1.807, 2.05) is 0 Å². The topological polar surface area (TPSA) is 60.4 Å². The quantitative estimate of drug-likeness (QED) is 0.238. The molecule has 0 aromatic heterocycles. The van der Waals surface area contributed by atoms with Crippen LogP contribution in [0, 0.1) is 0 Å². The second-order valence-corrected chi connectivity index (χ2v) is 2.85. The van der Waals surface area contributed by atoms with Crippen molar-refractivity contribution in [2.75, 3.05) is 5.75 Å². The normalized spacial score (nSPS) is 9.20. The number of carbonyl (C=O) groups is 1. The maximum absolute atomic E-state index is 10.3. The Morgan fingerprint density at radius 3 is 2.30 bits per heavy atom. The summed E-state index contributed by atoms with van der Waals surface area (Å²) in [5, 5.41) is 0. The molecule has 0 aromatic carbocycles. The van der Waals surface area contributed by atoms with E-state index in [1.165, 1.54) is 0 Å². The Hall–Kier alpha value is 0.160. The molecule has 0 rings (SSSR count). The van der Waals surface area contributed by atoms with Gasteiger partial charge in [0.1, 0.15) is 5.75 Å². The number of carbonyl (C=O) groups excluding carboxylic acids is 1. The van der Waals surface area contributed by atoms with Crippen LogP contribution in [-0.2, 0) is 19.1 Å². The van der Waals surface area contributed by atoms with Gasteiger partial charge in [0.2, 0.25) is 0 Å². The molecule has 0 unspecified atom stereocenters. The third-order valence-corrected chi connectivity index (χ3v) is 1.52. The van der Waals surface area contributed by atoms with E-state index in [2.05, 4.69) is 10.8 Å². The van der Waals surface area contributed by atoms with Crippen LogP contribution in [0.3, 0.4) is 0 Å². The fraction of sp³-hybridized carbons (Fsp3) is 0.250. The summed E-state index contributed by atoms with van der Waals surface area (Å²) >= 11 is 0. The van der Waals surface area contributed by atoms with Gasteiger partial charge in [0, 0.05) is 0 Å². The molecule has 0 radical (unpaired) electrons. The summed E-state index contributed by atoms with van der Waals surface area (Å²) in [5.74, 6) is -0.342. The van der Waals surface area contributed by atoms with Crippen LogP contribution in [0.1, 0.15) is 0 Å². The van der Waals surface area contributed by atoms with Gasteiger partial charge in [-0.05, 0) is 0 Å². The first kappa shape index (κ1) is 12.8. The van der Waals surface area contributed by atoms with Crippen molar-refractivity contribution in [2.45, 2.75) is 0 Å². The van der Waals surface area contributed by atoms with Crippen LogP contribution in [0.5, 0.6) is 0 Å². The van der Waals surface area contributed by atoms with Gasteiger partial charge in [-0.25, -0.2) is 0 Å². The Kier molecular flexibility index (Phi) is 7.56. The van der Waals surface area contributed by atoms with Gasteiger partial charge in [-0.2, -0.15) is 8.42 Å². The molecule has 0 fully saturated rings. The van der Waals surface area contributed by atoms with E-state index in [1.54, 1.807) is 0 Å². The average Bonchev–Trinajstić information content (AvgIpc) is 1.64. The summed E-state index contributed by atoms with van der Waals surface area (Å²) in [6.45, 7) is 3.03. The average molecular weight is 174 g/mol. The van der Waals surface area contributed by atoms with Crippen molar-refractivity contribution in [3.63, 3.8) is 0 Å². The minimum atomic E-state index is -3.67. The van der Waals surface area contributed by atoms with Crippen LogP contribution in [-0.4, -0.2) is 50.2 Å². The summed E-state index contributed by atoms with van der Waals surface area (Å²) in [6, 6.07) is 0. The first-order valence-electron chi connectivity index (χ1n) is 2.08. The summed E-state index contributed by atoms with van der Waals surface area (Å²) in [4.78, 5) is 9.46. The Balaban J connectivity index is 0. The molecule has 0 atom stereocenters. The van der Waals surface area contributed by atoms with Crippen molar-refractivity contribution in [3.05, 3.63) is 12.7 Å². The molecule has 0 saturated carbocycles. The van der Waals surface area contributed by atoms with Gasteiger partial charge in [0.15, 0.2) is 0 Å². The summed E-state index contributed by atoms with van der Waals surface area (Å²) in [6.07, 6.45) is 1.14. The molecule has 0 aliphatic rings. The van der Waals surface area contributed by atoms with Crippen molar-refractivity contribution >= 4 is 46.1 Å². The maximum atomic E-state index is 10.3. The monoisotopic (exact) mass is 174 g/mol. The van der Waals surface area contributed by atoms with E-state index in [-0.39, 0.29) is 41.8 Å². The Morgan fingerprint density at radius 2 is 2.00 bits per heavy atom. The SMILES string of the molecule is C=CCS(=O)(=O)OC=O.[NaH]. The van der Waals surface area contributed by atoms with E-state index >= 15 is 0 Å². The van der Waals surface area contributed by atoms with Gasteiger partial charge in [-0.3, -0.25) is 4.79 Å². The van der Waals surface area contributed by atoms with Crippen LogP contribution < -0.4 is 0 Å². The first-order valence-corrected chi connectivity index (χ1v) is 3.65. The molecule has 0 aliphatic heterocycles. The van der Waals surface area contributed by atoms with Crippen LogP contribution in [0.15, 0.2) is 12.7 Å². The van der Waals surface area contributed by atoms with Gasteiger partial charge in [0.05, 0.1) is 0 Å². The molecule has 0 saturated heterocycles. The molecular formula is C4H7NaO4S. The summed E-state index contributed by atoms with van der Waals surface area (Å²) < 4.78 is 24.3. The van der Waals surface area contributed by atoms with Crippen LogP contribution in [0.2, 0.25) is 0 Å². The zero-order chi connectivity index (χ0) is 7.33. The second-order valence-electron chi connectivity index (χ2n) is 1.21. The molecule has 0 bridgehead atoms. The van der Waals surface area contributed by atoms with Gasteiger partial charge >= 0.3 is 46.1 Å². The number of hydrogen-bond acceptors (Lipinski definition) is 4. The minimum absolute atomic E-state index is 0. The van der Waals surface area contributed by atoms with Crippen molar-refractivity contribution in [3.8, 4) is 0 Å². The van der Waals surface area contributed by atoms with Crippen molar-refractivity contribution in [1.82, 2.24) is 0 Å². The van der Waals surface area contributed by atoms with Gasteiger partial charge in [0.25, 0.3) is 0 Å². The molecule has 0 amide bonds. The molecule has 4 nitrogen and oxygen atoms in total. The second kappa shape index (κ2) is 5.91. The molecular weight excluding hydrogens is 167 g/mol. The van der Waals surface area contributed by atoms with Crippen molar-refractivity contribution in [1.29, 1.82) is 0 Å². The van der Waals surface area contributed by atoms with Gasteiger partial charge < -0.3 is 4.18 Å².